The Labute approximate surface area is 174 Å². The van der Waals surface area contributed by atoms with Gasteiger partial charge in [-0.3, -0.25) is 0 Å². The first-order chi connectivity index (χ1) is 14.6. The number of nitrogens with zero attached hydrogens (tertiary/aromatic N) is 2. The molecule has 0 spiro atoms. The first-order valence-corrected chi connectivity index (χ1v) is 10.0. The van der Waals surface area contributed by atoms with E-state index in [1.165, 1.54) is 12.8 Å². The summed E-state index contributed by atoms with van der Waals surface area (Å²) >= 11 is 0. The fraction of sp³-hybridized carbons (Fsp3) is 0.318. The highest BCUT2D eigenvalue weighted by atomic mass is 16.6. The highest BCUT2D eigenvalue weighted by molar-refractivity contribution is 5.72. The molecule has 0 saturated heterocycles. The maximum absolute atomic E-state index is 12.3. The number of aryl methyl sites for hydroxylation is 1. The Bertz CT molecular complexity index is 1000. The predicted molar refractivity (Wildman–Crippen MR) is 113 cm³/mol. The highest BCUT2D eigenvalue weighted by Crippen LogP contribution is 2.29. The fourth-order valence-electron chi connectivity index (χ4n) is 3.14. The Hall–Kier alpha value is -3.39. The first-order valence-electron chi connectivity index (χ1n) is 10.0. The lowest BCUT2D eigenvalue weighted by Crippen LogP contribution is -2.33. The number of aliphatic hydroxyl groups is 1. The van der Waals surface area contributed by atoms with Crippen LogP contribution < -0.4 is 15.4 Å². The van der Waals surface area contributed by atoms with E-state index in [0.29, 0.717) is 5.95 Å². The molecule has 8 nitrogen and oxygen atoms in total. The van der Waals surface area contributed by atoms with Crippen LogP contribution in [-0.4, -0.2) is 39.3 Å². The molecular weight excluding hydrogens is 382 g/mol. The Balaban J connectivity index is 1.41. The second-order valence-corrected chi connectivity index (χ2v) is 7.48. The summed E-state index contributed by atoms with van der Waals surface area (Å²) in [6, 6.07) is 10.4. The number of hydrogen-bond donors (Lipinski definition) is 4. The SMILES string of the molecule is Cc1cnc(NCC2CC2)nc1-c1c[nH]c(OC(=O)NC(CO)c2ccccc2)c1. The number of rotatable bonds is 8. The van der Waals surface area contributed by atoms with Crippen LogP contribution in [0.4, 0.5) is 10.7 Å². The average molecular weight is 407 g/mol. The molecule has 0 bridgehead atoms. The van der Waals surface area contributed by atoms with E-state index in [1.807, 2.05) is 37.3 Å². The van der Waals surface area contributed by atoms with Gasteiger partial charge in [-0.05, 0) is 36.8 Å². The van der Waals surface area contributed by atoms with Crippen molar-refractivity contribution in [3.63, 3.8) is 0 Å². The smallest absolute Gasteiger partial charge is 0.394 e. The summed E-state index contributed by atoms with van der Waals surface area (Å²) in [6.45, 7) is 2.59. The van der Waals surface area contributed by atoms with Gasteiger partial charge < -0.3 is 25.5 Å². The molecule has 1 aromatic carbocycles. The van der Waals surface area contributed by atoms with Gasteiger partial charge in [-0.15, -0.1) is 0 Å². The maximum Gasteiger partial charge on any atom is 0.414 e. The number of hydrogen-bond acceptors (Lipinski definition) is 6. The van der Waals surface area contributed by atoms with E-state index in [1.54, 1.807) is 18.5 Å². The zero-order valence-corrected chi connectivity index (χ0v) is 16.8. The molecule has 3 aromatic rings. The maximum atomic E-state index is 12.3. The molecule has 2 heterocycles. The summed E-state index contributed by atoms with van der Waals surface area (Å²) in [7, 11) is 0. The predicted octanol–water partition coefficient (Wildman–Crippen LogP) is 3.42. The zero-order chi connectivity index (χ0) is 20.9. The van der Waals surface area contributed by atoms with E-state index in [4.69, 9.17) is 4.74 Å². The van der Waals surface area contributed by atoms with E-state index in [-0.39, 0.29) is 12.5 Å². The van der Waals surface area contributed by atoms with Gasteiger partial charge in [0.2, 0.25) is 11.8 Å². The van der Waals surface area contributed by atoms with Gasteiger partial charge >= 0.3 is 6.09 Å². The number of ether oxygens (including phenoxy) is 1. The monoisotopic (exact) mass is 407 g/mol. The van der Waals surface area contributed by atoms with Crippen LogP contribution in [-0.2, 0) is 0 Å². The Kier molecular flexibility index (Phi) is 5.94. The fourth-order valence-corrected chi connectivity index (χ4v) is 3.14. The van der Waals surface area contributed by atoms with Crippen molar-refractivity contribution in [1.82, 2.24) is 20.3 Å². The summed E-state index contributed by atoms with van der Waals surface area (Å²) in [5.74, 6) is 1.61. The molecule has 4 N–H and O–H groups in total. The molecule has 1 aliphatic rings. The third kappa shape index (κ3) is 4.96. The molecule has 4 rings (SSSR count). The molecule has 1 saturated carbocycles. The topological polar surface area (TPSA) is 112 Å². The number of carbonyl (C=O) groups excluding carboxylic acids is 1. The van der Waals surface area contributed by atoms with Gasteiger partial charge in [0.05, 0.1) is 18.3 Å². The summed E-state index contributed by atoms with van der Waals surface area (Å²) < 4.78 is 5.35. The summed E-state index contributed by atoms with van der Waals surface area (Å²) in [6.07, 6.45) is 5.38. The van der Waals surface area contributed by atoms with Gasteiger partial charge in [0.1, 0.15) is 0 Å². The second-order valence-electron chi connectivity index (χ2n) is 7.48. The summed E-state index contributed by atoms with van der Waals surface area (Å²) in [5, 5.41) is 15.5. The number of amides is 1. The van der Waals surface area contributed by atoms with Crippen molar-refractivity contribution in [3.8, 4) is 17.1 Å². The van der Waals surface area contributed by atoms with Crippen LogP contribution in [0.25, 0.3) is 11.3 Å². The normalized spacial score (nSPS) is 14.2. The Morgan fingerprint density at radius 3 is 2.87 bits per heavy atom. The number of aromatic amines is 1. The molecule has 30 heavy (non-hydrogen) atoms. The summed E-state index contributed by atoms with van der Waals surface area (Å²) in [5.41, 5.74) is 3.29. The van der Waals surface area contributed by atoms with Crippen molar-refractivity contribution in [3.05, 3.63) is 59.9 Å². The number of H-pyrrole nitrogens is 1. The summed E-state index contributed by atoms with van der Waals surface area (Å²) in [4.78, 5) is 24.2. The molecule has 0 aliphatic heterocycles. The van der Waals surface area contributed by atoms with Crippen molar-refractivity contribution in [2.75, 3.05) is 18.5 Å². The molecular formula is C22H25N5O3. The van der Waals surface area contributed by atoms with Crippen LogP contribution in [0.1, 0.15) is 30.0 Å². The van der Waals surface area contributed by atoms with Gasteiger partial charge in [0.25, 0.3) is 0 Å². The van der Waals surface area contributed by atoms with E-state index in [9.17, 15) is 9.90 Å². The standard InChI is InChI=1S/C22H25N5O3/c1-14-10-24-21(25-11-15-7-8-15)27-20(14)17-9-19(23-12-17)30-22(29)26-18(13-28)16-5-3-2-4-6-16/h2-6,9-10,12,15,18,23,28H,7-8,11,13H2,1H3,(H,26,29)(H,24,25,27). The van der Waals surface area contributed by atoms with Crippen LogP contribution in [0, 0.1) is 12.8 Å². The molecule has 156 valence electrons. The van der Waals surface area contributed by atoms with Gasteiger partial charge in [-0.25, -0.2) is 14.8 Å². The van der Waals surface area contributed by atoms with Crippen molar-refractivity contribution in [2.45, 2.75) is 25.8 Å². The van der Waals surface area contributed by atoms with Gasteiger partial charge in [-0.1, -0.05) is 30.3 Å². The molecule has 1 fully saturated rings. The largest absolute Gasteiger partial charge is 0.414 e. The van der Waals surface area contributed by atoms with Gasteiger partial charge in [0.15, 0.2) is 0 Å². The number of aliphatic hydroxyl groups excluding tert-OH is 1. The van der Waals surface area contributed by atoms with Crippen LogP contribution >= 0.6 is 0 Å². The van der Waals surface area contributed by atoms with Crippen LogP contribution in [0.3, 0.4) is 0 Å². The van der Waals surface area contributed by atoms with Crippen molar-refractivity contribution >= 4 is 12.0 Å². The quantitative estimate of drug-likeness (QED) is 0.455. The van der Waals surface area contributed by atoms with E-state index in [0.717, 1.165) is 34.8 Å². The minimum atomic E-state index is -0.655. The number of carbonyl (C=O) groups is 1. The number of nitrogens with one attached hydrogen (secondary N) is 3. The first kappa shape index (κ1) is 19.9. The molecule has 1 aliphatic carbocycles. The van der Waals surface area contributed by atoms with Crippen LogP contribution in [0.15, 0.2) is 48.8 Å². The molecule has 0 radical (unpaired) electrons. The molecule has 1 unspecified atom stereocenters. The zero-order valence-electron chi connectivity index (χ0n) is 16.8. The average Bonchev–Trinajstić information content (AvgIpc) is 3.49. The number of aromatic nitrogens is 3. The molecule has 2 aromatic heterocycles. The minimum absolute atomic E-state index is 0.230. The van der Waals surface area contributed by atoms with E-state index >= 15 is 0 Å². The van der Waals surface area contributed by atoms with Crippen LogP contribution in [0.2, 0.25) is 0 Å². The molecule has 1 atom stereocenters. The lowest BCUT2D eigenvalue weighted by molar-refractivity contribution is 0.182. The van der Waals surface area contributed by atoms with Crippen molar-refractivity contribution < 1.29 is 14.6 Å². The van der Waals surface area contributed by atoms with Crippen molar-refractivity contribution in [1.29, 1.82) is 0 Å². The van der Waals surface area contributed by atoms with Gasteiger partial charge in [0, 0.05) is 30.6 Å². The minimum Gasteiger partial charge on any atom is -0.394 e. The van der Waals surface area contributed by atoms with Crippen LogP contribution in [0.5, 0.6) is 5.88 Å². The lowest BCUT2D eigenvalue weighted by Gasteiger charge is -2.15. The Morgan fingerprint density at radius 1 is 1.33 bits per heavy atom. The van der Waals surface area contributed by atoms with E-state index in [2.05, 4.69) is 25.6 Å². The lowest BCUT2D eigenvalue weighted by atomic mass is 10.1. The van der Waals surface area contributed by atoms with Crippen molar-refractivity contribution in [2.24, 2.45) is 5.92 Å². The highest BCUT2D eigenvalue weighted by Gasteiger charge is 2.21. The Morgan fingerprint density at radius 2 is 2.13 bits per heavy atom. The number of benzene rings is 1. The molecule has 1 amide bonds. The third-order valence-corrected chi connectivity index (χ3v) is 5.03. The van der Waals surface area contributed by atoms with Gasteiger partial charge in [-0.2, -0.15) is 0 Å². The molecule has 8 heteroatoms. The number of anilines is 1. The third-order valence-electron chi connectivity index (χ3n) is 5.03. The van der Waals surface area contributed by atoms with E-state index < -0.39 is 12.1 Å². The second kappa shape index (κ2) is 8.96.